The number of aryl methyl sites for hydroxylation is 3. The predicted octanol–water partition coefficient (Wildman–Crippen LogP) is 4.42. The fourth-order valence-electron chi connectivity index (χ4n) is 2.19. The number of carbonyl (C=O) groups excluding carboxylic acids is 1. The molecule has 2 N–H and O–H groups in total. The SMILES string of the molecule is Cc1cc(C)cc(NCC(=O)Nc2ccc(Br)c(C)c2)c1. The van der Waals surface area contributed by atoms with Crippen LogP contribution in [0.1, 0.15) is 16.7 Å². The molecule has 0 aromatic heterocycles. The third-order valence-electron chi connectivity index (χ3n) is 3.12. The average molecular weight is 347 g/mol. The van der Waals surface area contributed by atoms with Gasteiger partial charge in [-0.3, -0.25) is 4.79 Å². The van der Waals surface area contributed by atoms with E-state index in [0.29, 0.717) is 0 Å². The maximum absolute atomic E-state index is 12.0. The number of rotatable bonds is 4. The third-order valence-corrected chi connectivity index (χ3v) is 4.01. The maximum Gasteiger partial charge on any atom is 0.243 e. The van der Waals surface area contributed by atoms with Crippen LogP contribution >= 0.6 is 15.9 Å². The number of hydrogen-bond donors (Lipinski definition) is 2. The molecule has 0 radical (unpaired) electrons. The van der Waals surface area contributed by atoms with Crippen LogP contribution in [-0.2, 0) is 4.79 Å². The van der Waals surface area contributed by atoms with E-state index in [1.54, 1.807) is 0 Å². The predicted molar refractivity (Wildman–Crippen MR) is 91.9 cm³/mol. The second-order valence-corrected chi connectivity index (χ2v) is 6.10. The van der Waals surface area contributed by atoms with Crippen LogP contribution in [0, 0.1) is 20.8 Å². The van der Waals surface area contributed by atoms with Crippen LogP contribution in [0.4, 0.5) is 11.4 Å². The van der Waals surface area contributed by atoms with Gasteiger partial charge in [-0.25, -0.2) is 0 Å². The lowest BCUT2D eigenvalue weighted by atomic mass is 10.1. The molecule has 4 heteroatoms. The Kier molecular flexibility index (Phi) is 5.02. The minimum Gasteiger partial charge on any atom is -0.376 e. The van der Waals surface area contributed by atoms with Gasteiger partial charge in [-0.2, -0.15) is 0 Å². The van der Waals surface area contributed by atoms with Gasteiger partial charge in [-0.05, 0) is 67.8 Å². The van der Waals surface area contributed by atoms with Crippen LogP contribution in [0.5, 0.6) is 0 Å². The molecule has 0 bridgehead atoms. The Balaban J connectivity index is 1.94. The first-order valence-electron chi connectivity index (χ1n) is 6.82. The topological polar surface area (TPSA) is 41.1 Å². The minimum atomic E-state index is -0.0594. The van der Waals surface area contributed by atoms with E-state index in [0.717, 1.165) is 21.4 Å². The van der Waals surface area contributed by atoms with E-state index in [-0.39, 0.29) is 12.5 Å². The van der Waals surface area contributed by atoms with Crippen molar-refractivity contribution in [3.8, 4) is 0 Å². The Bertz CT molecular complexity index is 648. The zero-order valence-corrected chi connectivity index (χ0v) is 14.0. The number of anilines is 2. The molecule has 3 nitrogen and oxygen atoms in total. The van der Waals surface area contributed by atoms with Gasteiger partial charge in [0.15, 0.2) is 0 Å². The van der Waals surface area contributed by atoms with Crippen molar-refractivity contribution in [2.45, 2.75) is 20.8 Å². The first kappa shape index (κ1) is 15.6. The minimum absolute atomic E-state index is 0.0594. The molecular formula is C17H19BrN2O. The van der Waals surface area contributed by atoms with Crippen LogP contribution in [0.3, 0.4) is 0 Å². The quantitative estimate of drug-likeness (QED) is 0.859. The largest absolute Gasteiger partial charge is 0.376 e. The summed E-state index contributed by atoms with van der Waals surface area (Å²) in [5, 5.41) is 6.04. The van der Waals surface area contributed by atoms with Gasteiger partial charge in [-0.15, -0.1) is 0 Å². The summed E-state index contributed by atoms with van der Waals surface area (Å²) >= 11 is 3.45. The summed E-state index contributed by atoms with van der Waals surface area (Å²) in [5.41, 5.74) is 5.23. The second-order valence-electron chi connectivity index (χ2n) is 5.24. The first-order chi connectivity index (χ1) is 9.94. The molecule has 0 saturated carbocycles. The Labute approximate surface area is 133 Å². The summed E-state index contributed by atoms with van der Waals surface area (Å²) in [7, 11) is 0. The van der Waals surface area contributed by atoms with Gasteiger partial charge in [0, 0.05) is 15.8 Å². The van der Waals surface area contributed by atoms with E-state index in [4.69, 9.17) is 0 Å². The fourth-order valence-corrected chi connectivity index (χ4v) is 2.43. The van der Waals surface area contributed by atoms with Crippen LogP contribution in [0.25, 0.3) is 0 Å². The van der Waals surface area contributed by atoms with Crippen molar-refractivity contribution in [1.82, 2.24) is 0 Å². The van der Waals surface area contributed by atoms with Crippen LogP contribution in [-0.4, -0.2) is 12.5 Å². The third kappa shape index (κ3) is 4.60. The van der Waals surface area contributed by atoms with Crippen molar-refractivity contribution < 1.29 is 4.79 Å². The lowest BCUT2D eigenvalue weighted by molar-refractivity contribution is -0.114. The highest BCUT2D eigenvalue weighted by molar-refractivity contribution is 9.10. The number of benzene rings is 2. The number of carbonyl (C=O) groups is 1. The lowest BCUT2D eigenvalue weighted by Crippen LogP contribution is -2.21. The average Bonchev–Trinajstić information content (AvgIpc) is 2.40. The van der Waals surface area contributed by atoms with Gasteiger partial charge in [0.2, 0.25) is 5.91 Å². The van der Waals surface area contributed by atoms with Crippen LogP contribution in [0.2, 0.25) is 0 Å². The Morgan fingerprint density at radius 1 is 1.00 bits per heavy atom. The van der Waals surface area contributed by atoms with E-state index in [1.165, 1.54) is 11.1 Å². The highest BCUT2D eigenvalue weighted by atomic mass is 79.9. The van der Waals surface area contributed by atoms with Crippen molar-refractivity contribution in [3.63, 3.8) is 0 Å². The number of halogens is 1. The normalized spacial score (nSPS) is 10.3. The Morgan fingerprint density at radius 3 is 2.29 bits per heavy atom. The van der Waals surface area contributed by atoms with Gasteiger partial charge in [0.25, 0.3) is 0 Å². The lowest BCUT2D eigenvalue weighted by Gasteiger charge is -2.10. The summed E-state index contributed by atoms with van der Waals surface area (Å²) in [5.74, 6) is -0.0594. The molecule has 0 unspecified atom stereocenters. The highest BCUT2D eigenvalue weighted by Gasteiger charge is 2.04. The van der Waals surface area contributed by atoms with Crippen molar-refractivity contribution in [3.05, 3.63) is 57.6 Å². The van der Waals surface area contributed by atoms with E-state index < -0.39 is 0 Å². The van der Waals surface area contributed by atoms with Gasteiger partial charge in [0.05, 0.1) is 6.54 Å². The Hall–Kier alpha value is -1.81. The zero-order chi connectivity index (χ0) is 15.4. The van der Waals surface area contributed by atoms with Crippen molar-refractivity contribution in [2.75, 3.05) is 17.2 Å². The molecule has 0 atom stereocenters. The molecule has 0 saturated heterocycles. The molecule has 0 aliphatic rings. The maximum atomic E-state index is 12.0. The molecule has 0 heterocycles. The summed E-state index contributed by atoms with van der Waals surface area (Å²) in [6.07, 6.45) is 0. The fraction of sp³-hybridized carbons (Fsp3) is 0.235. The van der Waals surface area contributed by atoms with E-state index >= 15 is 0 Å². The van der Waals surface area contributed by atoms with Crippen molar-refractivity contribution >= 4 is 33.2 Å². The van der Waals surface area contributed by atoms with E-state index in [2.05, 4.69) is 32.6 Å². The van der Waals surface area contributed by atoms with E-state index in [9.17, 15) is 4.79 Å². The smallest absolute Gasteiger partial charge is 0.243 e. The monoisotopic (exact) mass is 346 g/mol. The summed E-state index contributed by atoms with van der Waals surface area (Å²) in [6.45, 7) is 6.33. The van der Waals surface area contributed by atoms with E-state index in [1.807, 2.05) is 51.1 Å². The number of amides is 1. The molecule has 2 aromatic rings. The van der Waals surface area contributed by atoms with Gasteiger partial charge in [-0.1, -0.05) is 22.0 Å². The molecule has 0 aliphatic heterocycles. The second kappa shape index (κ2) is 6.76. The van der Waals surface area contributed by atoms with Gasteiger partial charge < -0.3 is 10.6 Å². The Morgan fingerprint density at radius 2 is 1.67 bits per heavy atom. The van der Waals surface area contributed by atoms with Crippen LogP contribution < -0.4 is 10.6 Å². The van der Waals surface area contributed by atoms with Crippen molar-refractivity contribution in [2.24, 2.45) is 0 Å². The summed E-state index contributed by atoms with van der Waals surface area (Å²) < 4.78 is 1.04. The molecule has 1 amide bonds. The van der Waals surface area contributed by atoms with Gasteiger partial charge in [0.1, 0.15) is 0 Å². The summed E-state index contributed by atoms with van der Waals surface area (Å²) in [6, 6.07) is 11.9. The molecule has 0 spiro atoms. The molecule has 2 aromatic carbocycles. The standard InChI is InChI=1S/C17H19BrN2O/c1-11-6-12(2)8-15(7-11)19-10-17(21)20-14-4-5-16(18)13(3)9-14/h4-9,19H,10H2,1-3H3,(H,20,21). The first-order valence-corrected chi connectivity index (χ1v) is 7.61. The number of nitrogens with one attached hydrogen (secondary N) is 2. The zero-order valence-electron chi connectivity index (χ0n) is 12.5. The molecular weight excluding hydrogens is 328 g/mol. The van der Waals surface area contributed by atoms with Crippen molar-refractivity contribution in [1.29, 1.82) is 0 Å². The molecule has 21 heavy (non-hydrogen) atoms. The van der Waals surface area contributed by atoms with Crippen LogP contribution in [0.15, 0.2) is 40.9 Å². The molecule has 2 rings (SSSR count). The molecule has 0 fully saturated rings. The summed E-state index contributed by atoms with van der Waals surface area (Å²) in [4.78, 5) is 12.0. The highest BCUT2D eigenvalue weighted by Crippen LogP contribution is 2.20. The molecule has 110 valence electrons. The molecule has 0 aliphatic carbocycles. The van der Waals surface area contributed by atoms with Gasteiger partial charge >= 0.3 is 0 Å². The number of hydrogen-bond acceptors (Lipinski definition) is 2.